The van der Waals surface area contributed by atoms with Crippen LogP contribution in [0.25, 0.3) is 16.3 Å². The van der Waals surface area contributed by atoms with Crippen LogP contribution >= 0.6 is 22.9 Å². The van der Waals surface area contributed by atoms with Crippen LogP contribution in [-0.4, -0.2) is 15.7 Å². The Kier molecular flexibility index (Phi) is 4.79. The van der Waals surface area contributed by atoms with Crippen molar-refractivity contribution in [2.24, 2.45) is 0 Å². The SMILES string of the molecule is Cc1c(Cl)cccc1NC(=O)c1cc(-c2cccs2)nn1-c1ccccc1. The molecule has 0 spiro atoms. The molecule has 0 aliphatic carbocycles. The van der Waals surface area contributed by atoms with Gasteiger partial charge < -0.3 is 5.32 Å². The van der Waals surface area contributed by atoms with Crippen molar-refractivity contribution in [1.29, 1.82) is 0 Å². The van der Waals surface area contributed by atoms with Gasteiger partial charge in [-0.3, -0.25) is 4.79 Å². The molecule has 1 N–H and O–H groups in total. The Labute approximate surface area is 166 Å². The zero-order chi connectivity index (χ0) is 18.8. The van der Waals surface area contributed by atoms with E-state index in [0.29, 0.717) is 16.4 Å². The van der Waals surface area contributed by atoms with Crippen molar-refractivity contribution in [3.05, 3.63) is 88.4 Å². The third-order valence-electron chi connectivity index (χ3n) is 4.23. The monoisotopic (exact) mass is 393 g/mol. The molecule has 0 unspecified atom stereocenters. The normalized spacial score (nSPS) is 10.7. The fraction of sp³-hybridized carbons (Fsp3) is 0.0476. The standard InChI is InChI=1S/C21H16ClN3OS/c1-14-16(22)9-5-10-17(14)23-21(26)19-13-18(20-11-6-12-27-20)24-25(19)15-7-3-2-4-8-15/h2-13H,1H3,(H,23,26). The number of benzene rings is 2. The Morgan fingerprint density at radius 2 is 1.89 bits per heavy atom. The summed E-state index contributed by atoms with van der Waals surface area (Å²) < 4.78 is 1.67. The van der Waals surface area contributed by atoms with E-state index in [1.807, 2.05) is 73.0 Å². The van der Waals surface area contributed by atoms with Crippen molar-refractivity contribution in [1.82, 2.24) is 9.78 Å². The van der Waals surface area contributed by atoms with Gasteiger partial charge in [-0.25, -0.2) is 4.68 Å². The van der Waals surface area contributed by atoms with Gasteiger partial charge in [0, 0.05) is 10.7 Å². The molecule has 2 aromatic heterocycles. The highest BCUT2D eigenvalue weighted by molar-refractivity contribution is 7.13. The molecule has 4 rings (SSSR count). The maximum absolute atomic E-state index is 13.0. The summed E-state index contributed by atoms with van der Waals surface area (Å²) in [6.45, 7) is 1.88. The van der Waals surface area contributed by atoms with Crippen molar-refractivity contribution >= 4 is 34.5 Å². The molecule has 0 bridgehead atoms. The topological polar surface area (TPSA) is 46.9 Å². The molecule has 0 atom stereocenters. The second-order valence-corrected chi connectivity index (χ2v) is 7.36. The Morgan fingerprint density at radius 3 is 2.63 bits per heavy atom. The molecular weight excluding hydrogens is 378 g/mol. The first kappa shape index (κ1) is 17.5. The van der Waals surface area contributed by atoms with Gasteiger partial charge in [-0.1, -0.05) is 41.9 Å². The number of hydrogen-bond acceptors (Lipinski definition) is 3. The first-order chi connectivity index (χ1) is 13.1. The summed E-state index contributed by atoms with van der Waals surface area (Å²) in [6, 6.07) is 20.8. The zero-order valence-corrected chi connectivity index (χ0v) is 16.1. The van der Waals surface area contributed by atoms with Gasteiger partial charge in [0.2, 0.25) is 0 Å². The number of carbonyl (C=O) groups excluding carboxylic acids is 1. The fourth-order valence-electron chi connectivity index (χ4n) is 2.78. The number of halogens is 1. The van der Waals surface area contributed by atoms with Crippen LogP contribution in [0.3, 0.4) is 0 Å². The highest BCUT2D eigenvalue weighted by Crippen LogP contribution is 2.27. The second-order valence-electron chi connectivity index (χ2n) is 6.01. The molecule has 0 saturated carbocycles. The summed E-state index contributed by atoms with van der Waals surface area (Å²) in [5.74, 6) is -0.237. The summed E-state index contributed by atoms with van der Waals surface area (Å²) in [4.78, 5) is 14.1. The molecule has 0 aliphatic rings. The third-order valence-corrected chi connectivity index (χ3v) is 5.53. The number of anilines is 1. The number of nitrogens with one attached hydrogen (secondary N) is 1. The lowest BCUT2D eigenvalue weighted by atomic mass is 10.2. The zero-order valence-electron chi connectivity index (χ0n) is 14.5. The molecule has 0 saturated heterocycles. The summed E-state index contributed by atoms with van der Waals surface area (Å²) in [5.41, 5.74) is 3.57. The second kappa shape index (κ2) is 7.39. The summed E-state index contributed by atoms with van der Waals surface area (Å²) in [5, 5.41) is 10.2. The number of rotatable bonds is 4. The third kappa shape index (κ3) is 3.52. The van der Waals surface area contributed by atoms with Gasteiger partial charge in [0.1, 0.15) is 11.4 Å². The van der Waals surface area contributed by atoms with Crippen LogP contribution in [0.15, 0.2) is 72.1 Å². The maximum atomic E-state index is 13.0. The van der Waals surface area contributed by atoms with E-state index in [0.717, 1.165) is 21.8 Å². The minimum atomic E-state index is -0.237. The van der Waals surface area contributed by atoms with Crippen LogP contribution in [0.2, 0.25) is 5.02 Å². The minimum absolute atomic E-state index is 0.237. The number of thiophene rings is 1. The fourth-order valence-corrected chi connectivity index (χ4v) is 3.64. The van der Waals surface area contributed by atoms with E-state index in [2.05, 4.69) is 10.4 Å². The molecule has 134 valence electrons. The predicted octanol–water partition coefficient (Wildman–Crippen LogP) is 5.81. The number of carbonyl (C=O) groups is 1. The molecule has 0 aliphatic heterocycles. The predicted molar refractivity (Wildman–Crippen MR) is 111 cm³/mol. The van der Waals surface area contributed by atoms with Gasteiger partial charge in [-0.15, -0.1) is 11.3 Å². The lowest BCUT2D eigenvalue weighted by molar-refractivity contribution is 0.101. The van der Waals surface area contributed by atoms with Crippen LogP contribution in [0.4, 0.5) is 5.69 Å². The highest BCUT2D eigenvalue weighted by atomic mass is 35.5. The molecular formula is C21H16ClN3OS. The van der Waals surface area contributed by atoms with Gasteiger partial charge in [0.25, 0.3) is 5.91 Å². The van der Waals surface area contributed by atoms with Crippen LogP contribution < -0.4 is 5.32 Å². The molecule has 27 heavy (non-hydrogen) atoms. The first-order valence-corrected chi connectivity index (χ1v) is 9.65. The van der Waals surface area contributed by atoms with Crippen molar-refractivity contribution in [3.63, 3.8) is 0 Å². The molecule has 6 heteroatoms. The number of para-hydroxylation sites is 1. The van der Waals surface area contributed by atoms with E-state index in [1.54, 1.807) is 22.1 Å². The Morgan fingerprint density at radius 1 is 1.07 bits per heavy atom. The summed E-state index contributed by atoms with van der Waals surface area (Å²) in [7, 11) is 0. The molecule has 0 fully saturated rings. The van der Waals surface area contributed by atoms with Crippen molar-refractivity contribution in [3.8, 4) is 16.3 Å². The van der Waals surface area contributed by atoms with Gasteiger partial charge in [-0.05, 0) is 54.3 Å². The smallest absolute Gasteiger partial charge is 0.274 e. The maximum Gasteiger partial charge on any atom is 0.274 e. The summed E-state index contributed by atoms with van der Waals surface area (Å²) >= 11 is 7.76. The van der Waals surface area contributed by atoms with Gasteiger partial charge >= 0.3 is 0 Å². The average Bonchev–Trinajstić information content (AvgIpc) is 3.35. The van der Waals surface area contributed by atoms with Gasteiger partial charge in [0.05, 0.1) is 10.6 Å². The van der Waals surface area contributed by atoms with E-state index in [-0.39, 0.29) is 5.91 Å². The Hall–Kier alpha value is -2.89. The van der Waals surface area contributed by atoms with Crippen LogP contribution in [0.1, 0.15) is 16.1 Å². The minimum Gasteiger partial charge on any atom is -0.320 e. The highest BCUT2D eigenvalue weighted by Gasteiger charge is 2.19. The van der Waals surface area contributed by atoms with Crippen LogP contribution in [0, 0.1) is 6.92 Å². The Balaban J connectivity index is 1.76. The largest absolute Gasteiger partial charge is 0.320 e. The molecule has 1 amide bonds. The molecule has 4 nitrogen and oxygen atoms in total. The van der Waals surface area contributed by atoms with Crippen LogP contribution in [0.5, 0.6) is 0 Å². The van der Waals surface area contributed by atoms with Crippen molar-refractivity contribution in [2.45, 2.75) is 6.92 Å². The summed E-state index contributed by atoms with van der Waals surface area (Å²) in [6.07, 6.45) is 0. The number of aromatic nitrogens is 2. The molecule has 2 heterocycles. The number of amides is 1. The first-order valence-electron chi connectivity index (χ1n) is 8.39. The lowest BCUT2D eigenvalue weighted by Crippen LogP contribution is -2.17. The van der Waals surface area contributed by atoms with Gasteiger partial charge in [-0.2, -0.15) is 5.10 Å². The molecule has 4 aromatic rings. The number of hydrogen-bond donors (Lipinski definition) is 1. The van der Waals surface area contributed by atoms with Crippen molar-refractivity contribution < 1.29 is 4.79 Å². The Bertz CT molecular complexity index is 1090. The lowest BCUT2D eigenvalue weighted by Gasteiger charge is -2.11. The number of nitrogens with zero attached hydrogens (tertiary/aromatic N) is 2. The van der Waals surface area contributed by atoms with E-state index in [4.69, 9.17) is 11.6 Å². The van der Waals surface area contributed by atoms with Crippen molar-refractivity contribution in [2.75, 3.05) is 5.32 Å². The van der Waals surface area contributed by atoms with E-state index in [1.165, 1.54) is 0 Å². The van der Waals surface area contributed by atoms with E-state index >= 15 is 0 Å². The average molecular weight is 394 g/mol. The van der Waals surface area contributed by atoms with E-state index < -0.39 is 0 Å². The van der Waals surface area contributed by atoms with Gasteiger partial charge in [0.15, 0.2) is 0 Å². The quantitative estimate of drug-likeness (QED) is 0.475. The van der Waals surface area contributed by atoms with Crippen LogP contribution in [-0.2, 0) is 0 Å². The van der Waals surface area contributed by atoms with E-state index in [9.17, 15) is 4.79 Å². The molecule has 0 radical (unpaired) electrons. The molecule has 2 aromatic carbocycles.